The van der Waals surface area contributed by atoms with Crippen LogP contribution in [0.1, 0.15) is 42.2 Å². The van der Waals surface area contributed by atoms with Crippen LogP contribution in [0.15, 0.2) is 0 Å². The van der Waals surface area contributed by atoms with E-state index in [1.807, 2.05) is 0 Å². The minimum Gasteiger partial charge on any atom is -0.222 e. The van der Waals surface area contributed by atoms with Gasteiger partial charge in [0, 0.05) is 2.74 Å². The second kappa shape index (κ2) is 33.1. The first kappa shape index (κ1) is 10.8. The fourth-order valence-corrected chi connectivity index (χ4v) is 0.354. The van der Waals surface area contributed by atoms with E-state index >= 15 is 0 Å². The van der Waals surface area contributed by atoms with Gasteiger partial charge in [0.15, 0.2) is 0 Å². The highest BCUT2D eigenvalue weighted by molar-refractivity contribution is 5.26. The topological polar surface area (TPSA) is 81.8 Å². The van der Waals surface area contributed by atoms with E-state index in [0.717, 1.165) is 37.8 Å². The summed E-state index contributed by atoms with van der Waals surface area (Å²) in [6, 6.07) is 0. The molecule has 2 N–H and O–H groups in total. The lowest BCUT2D eigenvalue weighted by Gasteiger charge is -1.86. The van der Waals surface area contributed by atoms with Gasteiger partial charge in [-0.25, -0.2) is 20.4 Å². The lowest BCUT2D eigenvalue weighted by Crippen LogP contribution is -1.66. The molecule has 0 rings (SSSR count). The van der Waals surface area contributed by atoms with Crippen LogP contribution in [0.3, 0.4) is 0 Å². The Morgan fingerprint density at radius 2 is 1.33 bits per heavy atom. The Kier molecular flexibility index (Phi) is 29.6. The molecular formula is C8H16N2O2. The van der Waals surface area contributed by atoms with Gasteiger partial charge < -0.3 is 0 Å². The van der Waals surface area contributed by atoms with Gasteiger partial charge >= 0.3 is 0 Å². The monoisotopic (exact) mass is 174 g/mol. The molecule has 0 heterocycles. The molecule has 0 amide bonds. The van der Waals surface area contributed by atoms with E-state index < -0.39 is 0 Å². The van der Waals surface area contributed by atoms with Crippen molar-refractivity contribution in [1.29, 1.82) is 10.8 Å². The van der Waals surface area contributed by atoms with Crippen LogP contribution in [-0.2, 0) is 9.59 Å². The van der Waals surface area contributed by atoms with Crippen molar-refractivity contribution in [2.45, 2.75) is 39.5 Å². The largest absolute Gasteiger partial charge is 0.231 e. The Labute approximate surface area is 75.8 Å². The summed E-state index contributed by atoms with van der Waals surface area (Å²) in [5.74, 6) is 0. The van der Waals surface area contributed by atoms with Crippen LogP contribution in [0.4, 0.5) is 0 Å². The Bertz CT molecular complexity index is 135. The van der Waals surface area contributed by atoms with Crippen molar-refractivity contribution in [1.82, 2.24) is 0 Å². The van der Waals surface area contributed by atoms with Crippen molar-refractivity contribution >= 4 is 12.2 Å². The van der Waals surface area contributed by atoms with Crippen molar-refractivity contribution < 1.29 is 12.3 Å². The van der Waals surface area contributed by atoms with Crippen LogP contribution in [0.2, 0.25) is 0 Å². The van der Waals surface area contributed by atoms with Gasteiger partial charge in [-0.15, -0.1) is 0 Å². The van der Waals surface area contributed by atoms with Crippen LogP contribution < -0.4 is 0 Å². The highest BCUT2D eigenvalue weighted by Crippen LogP contribution is 1.95. The number of nitrogens with one attached hydrogen (secondary N) is 2. The van der Waals surface area contributed by atoms with Crippen molar-refractivity contribution in [3.8, 4) is 0 Å². The van der Waals surface area contributed by atoms with Crippen LogP contribution in [0.25, 0.3) is 0 Å². The summed E-state index contributed by atoms with van der Waals surface area (Å²) in [5, 5.41) is 10.8. The molecule has 12 heavy (non-hydrogen) atoms. The Morgan fingerprint density at radius 1 is 1.08 bits per heavy atom. The molecule has 0 radical (unpaired) electrons. The number of hydrogen-bond acceptors (Lipinski definition) is 4. The Hall–Kier alpha value is -1.24. The van der Waals surface area contributed by atoms with Gasteiger partial charge in [0.2, 0.25) is 12.2 Å². The molecule has 0 atom stereocenters. The number of carbonyl (C=O) groups excluding carboxylic acids is 2. The molecule has 0 aromatic rings. The molecule has 0 aliphatic carbocycles. The highest BCUT2D eigenvalue weighted by Gasteiger charge is 1.75. The third kappa shape index (κ3) is 170. The zero-order chi connectivity index (χ0) is 11.7. The van der Waals surface area contributed by atoms with E-state index in [9.17, 15) is 0 Å². The van der Waals surface area contributed by atoms with Crippen LogP contribution >= 0.6 is 0 Å². The van der Waals surface area contributed by atoms with Crippen LogP contribution in [-0.4, -0.2) is 12.2 Å². The van der Waals surface area contributed by atoms with Crippen molar-refractivity contribution in [3.05, 3.63) is 0 Å². The standard InChI is InChI=1S/C6H14.2CHNO/c1-3-5-6-4-2;2*2-1-3/h3-6H2,1-2H3;2*2H/i1D,2D;;. The normalized spacial score (nSPS) is 8.00. The third-order valence-electron chi connectivity index (χ3n) is 0.750. The molecule has 0 saturated carbocycles. The van der Waals surface area contributed by atoms with E-state index in [2.05, 4.69) is 0 Å². The molecule has 4 nitrogen and oxygen atoms in total. The van der Waals surface area contributed by atoms with Gasteiger partial charge in [0.1, 0.15) is 0 Å². The van der Waals surface area contributed by atoms with Gasteiger partial charge in [-0.05, 0) is 0 Å². The summed E-state index contributed by atoms with van der Waals surface area (Å²) in [6.07, 6.45) is 5.81. The number of unbranched alkanes of at least 4 members (excludes halogenated alkanes) is 3. The second-order valence-electron chi connectivity index (χ2n) is 1.62. The first-order valence-electron chi connectivity index (χ1n) is 4.82. The minimum atomic E-state index is 0.554. The number of rotatable bonds is 3. The first-order valence-corrected chi connectivity index (χ1v) is 3.41. The Balaban J connectivity index is -0.000000168. The summed E-state index contributed by atoms with van der Waals surface area (Å²) in [4.78, 5) is 16.7. The predicted octanol–water partition coefficient (Wildman–Crippen LogP) is 2.39. The van der Waals surface area contributed by atoms with Crippen LogP contribution in [0.5, 0.6) is 0 Å². The average molecular weight is 174 g/mol. The quantitative estimate of drug-likeness (QED) is 0.391. The highest BCUT2D eigenvalue weighted by atomic mass is 16.1. The third-order valence-corrected chi connectivity index (χ3v) is 0.750. The summed E-state index contributed by atoms with van der Waals surface area (Å²) < 4.78 is 13.6. The molecule has 70 valence electrons. The average Bonchev–Trinajstić information content (AvgIpc) is 2.15. The zero-order valence-electron chi connectivity index (χ0n) is 9.06. The van der Waals surface area contributed by atoms with Crippen molar-refractivity contribution in [2.24, 2.45) is 0 Å². The number of isocyanates is 2. The van der Waals surface area contributed by atoms with E-state index in [-0.39, 0.29) is 0 Å². The molecule has 0 fully saturated rings. The Morgan fingerprint density at radius 3 is 1.50 bits per heavy atom. The smallest absolute Gasteiger partial charge is 0.222 e. The number of hydrogen-bond donors (Lipinski definition) is 2. The summed E-state index contributed by atoms with van der Waals surface area (Å²) >= 11 is 0. The van der Waals surface area contributed by atoms with Gasteiger partial charge in [0.25, 0.3) is 0 Å². The summed E-state index contributed by atoms with van der Waals surface area (Å²) in [7, 11) is 0. The molecule has 0 aromatic heterocycles. The lowest BCUT2D eigenvalue weighted by atomic mass is 10.2. The van der Waals surface area contributed by atoms with E-state index in [0.29, 0.717) is 13.8 Å². The van der Waals surface area contributed by atoms with Gasteiger partial charge in [-0.2, -0.15) is 0 Å². The van der Waals surface area contributed by atoms with Gasteiger partial charge in [-0.1, -0.05) is 39.5 Å². The fraction of sp³-hybridized carbons (Fsp3) is 0.750. The molecule has 0 aliphatic heterocycles. The SMILES string of the molecule is N=C=O.N=C=O.[2H]CCCCCC[2H]. The molecular weight excluding hydrogens is 156 g/mol. The van der Waals surface area contributed by atoms with E-state index in [4.69, 9.17) is 23.1 Å². The second-order valence-corrected chi connectivity index (χ2v) is 1.62. The van der Waals surface area contributed by atoms with Gasteiger partial charge in [-0.3, -0.25) is 0 Å². The van der Waals surface area contributed by atoms with Gasteiger partial charge in [0.05, 0.1) is 0 Å². The van der Waals surface area contributed by atoms with E-state index in [1.54, 1.807) is 0 Å². The predicted molar refractivity (Wildman–Crippen MR) is 46.6 cm³/mol. The van der Waals surface area contributed by atoms with E-state index in [1.165, 1.54) is 0 Å². The molecule has 0 spiro atoms. The fourth-order valence-electron chi connectivity index (χ4n) is 0.354. The maximum Gasteiger partial charge on any atom is 0.231 e. The molecule has 0 aliphatic rings. The molecule has 0 bridgehead atoms. The van der Waals surface area contributed by atoms with Crippen molar-refractivity contribution in [2.75, 3.05) is 0 Å². The molecule has 0 saturated heterocycles. The first-order chi connectivity index (χ1) is 6.74. The summed E-state index contributed by atoms with van der Waals surface area (Å²) in [5.41, 5.74) is 0. The minimum absolute atomic E-state index is 0.554. The molecule has 0 aromatic carbocycles. The maximum atomic E-state index is 8.35. The molecule has 0 unspecified atom stereocenters. The maximum absolute atomic E-state index is 8.35. The van der Waals surface area contributed by atoms with Crippen molar-refractivity contribution in [3.63, 3.8) is 0 Å². The lowest BCUT2D eigenvalue weighted by molar-refractivity contribution is 0.562. The summed E-state index contributed by atoms with van der Waals surface area (Å²) in [6.45, 7) is 1.11. The zero-order valence-corrected chi connectivity index (χ0v) is 7.06. The molecule has 4 heteroatoms. The van der Waals surface area contributed by atoms with Crippen LogP contribution in [0, 0.1) is 10.8 Å².